The van der Waals surface area contributed by atoms with Gasteiger partial charge in [0.1, 0.15) is 0 Å². The van der Waals surface area contributed by atoms with E-state index in [1.165, 1.54) is 7.05 Å². The highest BCUT2D eigenvalue weighted by Gasteiger charge is 2.32. The first-order valence-corrected chi connectivity index (χ1v) is 7.20. The summed E-state index contributed by atoms with van der Waals surface area (Å²) in [6.07, 6.45) is 0. The van der Waals surface area contributed by atoms with Crippen molar-refractivity contribution in [2.75, 3.05) is 7.05 Å². The molecule has 1 aliphatic heterocycles. The fourth-order valence-corrected chi connectivity index (χ4v) is 2.10. The molecule has 0 atom stereocenters. The molecule has 2 aromatic rings. The molecule has 22 heavy (non-hydrogen) atoms. The van der Waals surface area contributed by atoms with Gasteiger partial charge in [0.2, 0.25) is 0 Å². The van der Waals surface area contributed by atoms with E-state index in [1.807, 2.05) is 44.2 Å². The van der Waals surface area contributed by atoms with Crippen molar-refractivity contribution in [2.45, 2.75) is 13.8 Å². The highest BCUT2D eigenvalue weighted by Crippen LogP contribution is 2.22. The monoisotopic (exact) mass is 291 g/mol. The average molecular weight is 291 g/mol. The number of hydrogen-bond acceptors (Lipinski definition) is 2. The molecule has 3 heteroatoms. The number of carbonyl (C=O) groups excluding carboxylic acids is 2. The van der Waals surface area contributed by atoms with Gasteiger partial charge in [-0.25, -0.2) is 0 Å². The first-order chi connectivity index (χ1) is 10.7. The van der Waals surface area contributed by atoms with E-state index in [1.54, 1.807) is 18.2 Å². The molecule has 1 heterocycles. The van der Waals surface area contributed by atoms with Crippen LogP contribution in [0.1, 0.15) is 45.7 Å². The third kappa shape index (κ3) is 2.91. The summed E-state index contributed by atoms with van der Waals surface area (Å²) in [6, 6.07) is 14.7. The van der Waals surface area contributed by atoms with Crippen LogP contribution in [-0.4, -0.2) is 23.8 Å². The van der Waals surface area contributed by atoms with Gasteiger partial charge in [-0.2, -0.15) is 0 Å². The molecule has 0 fully saturated rings. The number of rotatable bonds is 0. The first-order valence-electron chi connectivity index (χ1n) is 7.20. The number of imide groups is 1. The third-order valence-electron chi connectivity index (χ3n) is 3.21. The van der Waals surface area contributed by atoms with Crippen LogP contribution in [0.3, 0.4) is 0 Å². The molecule has 0 radical (unpaired) electrons. The Balaban J connectivity index is 0.000000847. The van der Waals surface area contributed by atoms with Crippen LogP contribution in [0.2, 0.25) is 0 Å². The van der Waals surface area contributed by atoms with E-state index >= 15 is 0 Å². The van der Waals surface area contributed by atoms with Crippen molar-refractivity contribution in [3.05, 3.63) is 70.8 Å². The van der Waals surface area contributed by atoms with Crippen molar-refractivity contribution >= 4 is 11.8 Å². The van der Waals surface area contributed by atoms with Gasteiger partial charge in [-0.15, -0.1) is 0 Å². The van der Waals surface area contributed by atoms with Crippen LogP contribution in [0.5, 0.6) is 0 Å². The molecule has 110 valence electrons. The van der Waals surface area contributed by atoms with Crippen LogP contribution >= 0.6 is 0 Å². The summed E-state index contributed by atoms with van der Waals surface area (Å²) in [6.45, 7) is 4.00. The highest BCUT2D eigenvalue weighted by molar-refractivity contribution is 6.21. The SMILES string of the molecule is CC.CN1C(=O)c2ccc(C#Cc3ccccc3)cc2C1=O. The number of fused-ring (bicyclic) bond motifs is 1. The number of carbonyl (C=O) groups is 2. The Kier molecular flexibility index (Phi) is 4.75. The molecular weight excluding hydrogens is 274 g/mol. The molecule has 0 bridgehead atoms. The summed E-state index contributed by atoms with van der Waals surface area (Å²) in [7, 11) is 1.49. The largest absolute Gasteiger partial charge is 0.277 e. The number of hydrogen-bond donors (Lipinski definition) is 0. The van der Waals surface area contributed by atoms with E-state index in [0.717, 1.165) is 16.0 Å². The van der Waals surface area contributed by atoms with Gasteiger partial charge in [-0.05, 0) is 30.3 Å². The van der Waals surface area contributed by atoms with E-state index in [9.17, 15) is 9.59 Å². The van der Waals surface area contributed by atoms with Gasteiger partial charge >= 0.3 is 0 Å². The normalized spacial score (nSPS) is 12.0. The van der Waals surface area contributed by atoms with Crippen molar-refractivity contribution in [3.8, 4) is 11.8 Å². The van der Waals surface area contributed by atoms with Gasteiger partial charge in [-0.3, -0.25) is 14.5 Å². The van der Waals surface area contributed by atoms with Crippen LogP contribution in [0, 0.1) is 11.8 Å². The molecule has 3 nitrogen and oxygen atoms in total. The average Bonchev–Trinajstić information content (AvgIpc) is 2.80. The topological polar surface area (TPSA) is 37.4 Å². The minimum atomic E-state index is -0.270. The van der Waals surface area contributed by atoms with E-state index < -0.39 is 0 Å². The van der Waals surface area contributed by atoms with Gasteiger partial charge in [-0.1, -0.05) is 43.9 Å². The molecule has 0 saturated carbocycles. The number of benzene rings is 2. The number of nitrogens with zero attached hydrogens (tertiary/aromatic N) is 1. The Morgan fingerprint density at radius 1 is 0.773 bits per heavy atom. The summed E-state index contributed by atoms with van der Waals surface area (Å²) in [5.41, 5.74) is 2.51. The molecule has 0 aliphatic carbocycles. The zero-order valence-corrected chi connectivity index (χ0v) is 12.9. The van der Waals surface area contributed by atoms with Crippen LogP contribution < -0.4 is 0 Å². The Bertz CT molecular complexity index is 767. The smallest absolute Gasteiger partial charge is 0.261 e. The van der Waals surface area contributed by atoms with Crippen LogP contribution in [0.15, 0.2) is 48.5 Å². The van der Waals surface area contributed by atoms with Gasteiger partial charge < -0.3 is 0 Å². The molecule has 0 unspecified atom stereocenters. The van der Waals surface area contributed by atoms with Gasteiger partial charge in [0.15, 0.2) is 0 Å². The van der Waals surface area contributed by atoms with E-state index in [-0.39, 0.29) is 11.8 Å². The van der Waals surface area contributed by atoms with Crippen molar-refractivity contribution in [3.63, 3.8) is 0 Å². The Labute approximate surface area is 130 Å². The van der Waals surface area contributed by atoms with Crippen LogP contribution in [-0.2, 0) is 0 Å². The maximum Gasteiger partial charge on any atom is 0.261 e. The van der Waals surface area contributed by atoms with Gasteiger partial charge in [0.05, 0.1) is 11.1 Å². The van der Waals surface area contributed by atoms with Crippen molar-refractivity contribution < 1.29 is 9.59 Å². The van der Waals surface area contributed by atoms with Crippen LogP contribution in [0.4, 0.5) is 0 Å². The lowest BCUT2D eigenvalue weighted by atomic mass is 10.1. The molecular formula is C19H17NO2. The summed E-state index contributed by atoms with van der Waals surface area (Å²) < 4.78 is 0. The second-order valence-corrected chi connectivity index (χ2v) is 4.55. The lowest BCUT2D eigenvalue weighted by molar-refractivity contribution is 0.0693. The fourth-order valence-electron chi connectivity index (χ4n) is 2.10. The van der Waals surface area contributed by atoms with Gasteiger partial charge in [0.25, 0.3) is 11.8 Å². The minimum absolute atomic E-state index is 0.257. The highest BCUT2D eigenvalue weighted by atomic mass is 16.2. The third-order valence-corrected chi connectivity index (χ3v) is 3.21. The Morgan fingerprint density at radius 2 is 1.36 bits per heavy atom. The zero-order chi connectivity index (χ0) is 16.1. The van der Waals surface area contributed by atoms with Crippen molar-refractivity contribution in [1.29, 1.82) is 0 Å². The molecule has 0 spiro atoms. The van der Waals surface area contributed by atoms with E-state index in [4.69, 9.17) is 0 Å². The standard InChI is InChI=1S/C17H11NO2.C2H6/c1-18-16(19)14-10-9-13(11-15(14)17(18)20)8-7-12-5-3-2-4-6-12;1-2/h2-6,9-11H,1H3;1-2H3. The summed E-state index contributed by atoms with van der Waals surface area (Å²) in [5.74, 6) is 5.51. The summed E-state index contributed by atoms with van der Waals surface area (Å²) in [4.78, 5) is 24.8. The first kappa shape index (κ1) is 15.5. The quantitative estimate of drug-likeness (QED) is 0.551. The molecule has 0 saturated heterocycles. The predicted molar refractivity (Wildman–Crippen MR) is 86.6 cm³/mol. The Morgan fingerprint density at radius 3 is 2.05 bits per heavy atom. The fraction of sp³-hybridized carbons (Fsp3) is 0.158. The summed E-state index contributed by atoms with van der Waals surface area (Å²) >= 11 is 0. The minimum Gasteiger partial charge on any atom is -0.277 e. The van der Waals surface area contributed by atoms with Gasteiger partial charge in [0, 0.05) is 18.2 Å². The second-order valence-electron chi connectivity index (χ2n) is 4.55. The Hall–Kier alpha value is -2.86. The molecule has 1 aliphatic rings. The summed E-state index contributed by atoms with van der Waals surface area (Å²) in [5, 5.41) is 0. The second kappa shape index (κ2) is 6.73. The lowest BCUT2D eigenvalue weighted by Crippen LogP contribution is -2.24. The maximum absolute atomic E-state index is 11.9. The van der Waals surface area contributed by atoms with Crippen molar-refractivity contribution in [1.82, 2.24) is 4.90 Å². The molecule has 3 rings (SSSR count). The van der Waals surface area contributed by atoms with E-state index in [2.05, 4.69) is 11.8 Å². The molecule has 0 aromatic heterocycles. The van der Waals surface area contributed by atoms with Crippen molar-refractivity contribution in [2.24, 2.45) is 0 Å². The molecule has 2 aromatic carbocycles. The predicted octanol–water partition coefficient (Wildman–Crippen LogP) is 3.34. The lowest BCUT2D eigenvalue weighted by Gasteiger charge is -2.02. The molecule has 0 N–H and O–H groups in total. The van der Waals surface area contributed by atoms with Crippen LogP contribution in [0.25, 0.3) is 0 Å². The zero-order valence-electron chi connectivity index (χ0n) is 12.9. The molecule has 2 amide bonds. The maximum atomic E-state index is 11.9. The van der Waals surface area contributed by atoms with E-state index in [0.29, 0.717) is 11.1 Å². The number of amides is 2.